The summed E-state index contributed by atoms with van der Waals surface area (Å²) < 4.78 is 0. The molecule has 18 heavy (non-hydrogen) atoms. The number of nitrogens with one attached hydrogen (secondary N) is 1. The Kier molecular flexibility index (Phi) is 6.26. The highest BCUT2D eigenvalue weighted by atomic mass is 16.1. The zero-order chi connectivity index (χ0) is 13.4. The highest BCUT2D eigenvalue weighted by Gasteiger charge is 2.14. The molecule has 100 valence electrons. The Morgan fingerprint density at radius 3 is 2.78 bits per heavy atom. The lowest BCUT2D eigenvalue weighted by molar-refractivity contribution is -0.125. The number of nitrogens with two attached hydrogens (primary N) is 1. The Morgan fingerprint density at radius 1 is 1.39 bits per heavy atom. The fourth-order valence-corrected chi connectivity index (χ4v) is 2.01. The van der Waals surface area contributed by atoms with Gasteiger partial charge in [0.15, 0.2) is 0 Å². The topological polar surface area (TPSA) is 55.1 Å². The van der Waals surface area contributed by atoms with E-state index in [1.807, 2.05) is 24.3 Å². The average molecular weight is 248 g/mol. The van der Waals surface area contributed by atoms with Crippen LogP contribution in [0.25, 0.3) is 0 Å². The van der Waals surface area contributed by atoms with Crippen LogP contribution in [-0.2, 0) is 11.3 Å². The number of amides is 1. The Bertz CT molecular complexity index is 377. The second-order valence-corrected chi connectivity index (χ2v) is 4.71. The third kappa shape index (κ3) is 4.78. The minimum absolute atomic E-state index is 0.144. The van der Waals surface area contributed by atoms with Crippen molar-refractivity contribution in [2.45, 2.75) is 46.1 Å². The van der Waals surface area contributed by atoms with E-state index in [1.54, 1.807) is 0 Å². The lowest BCUT2D eigenvalue weighted by Gasteiger charge is -2.14. The molecule has 3 N–H and O–H groups in total. The van der Waals surface area contributed by atoms with Crippen LogP contribution in [0.3, 0.4) is 0 Å². The first kappa shape index (κ1) is 14.6. The van der Waals surface area contributed by atoms with Gasteiger partial charge in [-0.2, -0.15) is 0 Å². The molecule has 1 aromatic rings. The van der Waals surface area contributed by atoms with Gasteiger partial charge in [-0.25, -0.2) is 0 Å². The molecule has 0 saturated heterocycles. The van der Waals surface area contributed by atoms with Crippen LogP contribution in [0, 0.1) is 5.92 Å². The number of benzene rings is 1. The van der Waals surface area contributed by atoms with Crippen LogP contribution in [0.4, 0.5) is 5.69 Å². The zero-order valence-corrected chi connectivity index (χ0v) is 11.4. The van der Waals surface area contributed by atoms with Gasteiger partial charge in [0.25, 0.3) is 0 Å². The monoisotopic (exact) mass is 248 g/mol. The molecule has 3 nitrogen and oxygen atoms in total. The molecular weight excluding hydrogens is 224 g/mol. The quantitative estimate of drug-likeness (QED) is 0.728. The first-order valence-corrected chi connectivity index (χ1v) is 6.79. The van der Waals surface area contributed by atoms with Crippen LogP contribution in [0.15, 0.2) is 24.3 Å². The summed E-state index contributed by atoms with van der Waals surface area (Å²) in [5.74, 6) is 0.305. The fraction of sp³-hybridized carbons (Fsp3) is 0.533. The van der Waals surface area contributed by atoms with Gasteiger partial charge in [0.1, 0.15) is 0 Å². The molecule has 0 spiro atoms. The van der Waals surface area contributed by atoms with E-state index in [1.165, 1.54) is 0 Å². The van der Waals surface area contributed by atoms with Crippen LogP contribution in [0.5, 0.6) is 0 Å². The summed E-state index contributed by atoms with van der Waals surface area (Å²) in [7, 11) is 0. The maximum Gasteiger partial charge on any atom is 0.223 e. The van der Waals surface area contributed by atoms with Crippen molar-refractivity contribution in [1.82, 2.24) is 5.32 Å². The van der Waals surface area contributed by atoms with Gasteiger partial charge >= 0.3 is 0 Å². The smallest absolute Gasteiger partial charge is 0.223 e. The van der Waals surface area contributed by atoms with Gasteiger partial charge in [0, 0.05) is 18.2 Å². The van der Waals surface area contributed by atoms with E-state index in [0.29, 0.717) is 6.54 Å². The molecule has 0 saturated carbocycles. The minimum atomic E-state index is 0.144. The summed E-state index contributed by atoms with van der Waals surface area (Å²) in [5.41, 5.74) is 7.49. The minimum Gasteiger partial charge on any atom is -0.399 e. The highest BCUT2D eigenvalue weighted by Crippen LogP contribution is 2.13. The van der Waals surface area contributed by atoms with E-state index >= 15 is 0 Å². The lowest BCUT2D eigenvalue weighted by atomic mass is 9.98. The van der Waals surface area contributed by atoms with E-state index in [2.05, 4.69) is 19.2 Å². The number of carbonyl (C=O) groups is 1. The van der Waals surface area contributed by atoms with Gasteiger partial charge in [-0.1, -0.05) is 38.8 Å². The molecule has 1 aromatic carbocycles. The summed E-state index contributed by atoms with van der Waals surface area (Å²) in [6.07, 6.45) is 4.14. The second kappa shape index (κ2) is 7.75. The molecule has 1 amide bonds. The number of hydrogen-bond donors (Lipinski definition) is 2. The van der Waals surface area contributed by atoms with Crippen LogP contribution in [0.1, 0.15) is 45.1 Å². The SMILES string of the molecule is CCCCC(CC)C(=O)NCc1cccc(N)c1. The predicted molar refractivity (Wildman–Crippen MR) is 76.0 cm³/mol. The summed E-state index contributed by atoms with van der Waals surface area (Å²) in [4.78, 5) is 12.0. The Morgan fingerprint density at radius 2 is 2.17 bits per heavy atom. The molecule has 0 radical (unpaired) electrons. The van der Waals surface area contributed by atoms with Crippen molar-refractivity contribution in [2.24, 2.45) is 5.92 Å². The molecule has 0 fully saturated rings. The van der Waals surface area contributed by atoms with Gasteiger partial charge in [0.05, 0.1) is 0 Å². The molecule has 0 aliphatic heterocycles. The largest absolute Gasteiger partial charge is 0.399 e. The van der Waals surface area contributed by atoms with E-state index in [9.17, 15) is 4.79 Å². The number of anilines is 1. The number of nitrogen functional groups attached to an aromatic ring is 1. The van der Waals surface area contributed by atoms with Gasteiger partial charge in [-0.3, -0.25) is 4.79 Å². The van der Waals surface area contributed by atoms with E-state index in [0.717, 1.165) is 36.9 Å². The van der Waals surface area contributed by atoms with Crippen molar-refractivity contribution in [3.8, 4) is 0 Å². The molecule has 1 rings (SSSR count). The van der Waals surface area contributed by atoms with Crippen LogP contribution < -0.4 is 11.1 Å². The molecule has 0 heterocycles. The molecule has 0 bridgehead atoms. The fourth-order valence-electron chi connectivity index (χ4n) is 2.01. The number of carbonyl (C=O) groups excluding carboxylic acids is 1. The van der Waals surface area contributed by atoms with Crippen LogP contribution >= 0.6 is 0 Å². The number of unbranched alkanes of at least 4 members (excludes halogenated alkanes) is 1. The standard InChI is InChI=1S/C15H24N2O/c1-3-5-8-13(4-2)15(18)17-11-12-7-6-9-14(16)10-12/h6-7,9-10,13H,3-5,8,11,16H2,1-2H3,(H,17,18). The third-order valence-electron chi connectivity index (χ3n) is 3.19. The molecule has 0 aliphatic rings. The van der Waals surface area contributed by atoms with E-state index in [4.69, 9.17) is 5.73 Å². The summed E-state index contributed by atoms with van der Waals surface area (Å²) in [6, 6.07) is 7.63. The maximum atomic E-state index is 12.0. The van der Waals surface area contributed by atoms with Crippen molar-refractivity contribution in [1.29, 1.82) is 0 Å². The van der Waals surface area contributed by atoms with Crippen molar-refractivity contribution < 1.29 is 4.79 Å². The van der Waals surface area contributed by atoms with Gasteiger partial charge < -0.3 is 11.1 Å². The molecule has 0 aromatic heterocycles. The number of rotatable bonds is 7. The molecular formula is C15H24N2O. The first-order valence-electron chi connectivity index (χ1n) is 6.79. The van der Waals surface area contributed by atoms with E-state index < -0.39 is 0 Å². The average Bonchev–Trinajstić information content (AvgIpc) is 2.37. The van der Waals surface area contributed by atoms with E-state index in [-0.39, 0.29) is 11.8 Å². The molecule has 1 unspecified atom stereocenters. The van der Waals surface area contributed by atoms with Crippen molar-refractivity contribution in [3.05, 3.63) is 29.8 Å². The van der Waals surface area contributed by atoms with Crippen molar-refractivity contribution in [2.75, 3.05) is 5.73 Å². The first-order chi connectivity index (χ1) is 8.67. The Hall–Kier alpha value is -1.51. The second-order valence-electron chi connectivity index (χ2n) is 4.71. The summed E-state index contributed by atoms with van der Waals surface area (Å²) in [5, 5.41) is 2.99. The molecule has 3 heteroatoms. The Labute approximate surface area is 110 Å². The normalized spacial score (nSPS) is 12.1. The summed E-state index contributed by atoms with van der Waals surface area (Å²) in [6.45, 7) is 4.78. The maximum absolute atomic E-state index is 12.0. The van der Waals surface area contributed by atoms with Gasteiger partial charge in [0.2, 0.25) is 5.91 Å². The lowest BCUT2D eigenvalue weighted by Crippen LogP contribution is -2.30. The van der Waals surface area contributed by atoms with Crippen molar-refractivity contribution in [3.63, 3.8) is 0 Å². The zero-order valence-electron chi connectivity index (χ0n) is 11.4. The predicted octanol–water partition coefficient (Wildman–Crippen LogP) is 3.10. The van der Waals surface area contributed by atoms with Crippen LogP contribution in [-0.4, -0.2) is 5.91 Å². The molecule has 0 aliphatic carbocycles. The number of hydrogen-bond acceptors (Lipinski definition) is 2. The van der Waals surface area contributed by atoms with Gasteiger partial charge in [-0.15, -0.1) is 0 Å². The third-order valence-corrected chi connectivity index (χ3v) is 3.19. The highest BCUT2D eigenvalue weighted by molar-refractivity contribution is 5.78. The van der Waals surface area contributed by atoms with Gasteiger partial charge in [-0.05, 0) is 30.5 Å². The summed E-state index contributed by atoms with van der Waals surface area (Å²) >= 11 is 0. The van der Waals surface area contributed by atoms with Crippen LogP contribution in [0.2, 0.25) is 0 Å². The Balaban J connectivity index is 2.44. The molecule has 1 atom stereocenters. The van der Waals surface area contributed by atoms with Crippen molar-refractivity contribution >= 4 is 11.6 Å².